The van der Waals surface area contributed by atoms with Gasteiger partial charge in [-0.05, 0) is 23.8 Å². The summed E-state index contributed by atoms with van der Waals surface area (Å²) in [5.41, 5.74) is 1.35. The van der Waals surface area contributed by atoms with Crippen LogP contribution < -0.4 is 20.1 Å². The number of hydrogen-bond donors (Lipinski definition) is 2. The fourth-order valence-electron chi connectivity index (χ4n) is 1.90. The molecule has 2 amide bonds. The molecular weight excluding hydrogens is 351 g/mol. The van der Waals surface area contributed by atoms with Gasteiger partial charge in [-0.15, -0.1) is 0 Å². The number of carbonyl (C=O) groups excluding carboxylic acids is 1. The predicted molar refractivity (Wildman–Crippen MR) is 97.2 cm³/mol. The van der Waals surface area contributed by atoms with Crippen LogP contribution in [-0.4, -0.2) is 20.3 Å². The monoisotopic (exact) mass is 366 g/mol. The van der Waals surface area contributed by atoms with Crippen molar-refractivity contribution in [2.75, 3.05) is 19.5 Å². The van der Waals surface area contributed by atoms with E-state index >= 15 is 0 Å². The maximum absolute atomic E-state index is 12.0. The second kappa shape index (κ2) is 8.47. The first-order chi connectivity index (χ1) is 11.5. The zero-order valence-electron chi connectivity index (χ0n) is 13.1. The number of ether oxygens (including phenoxy) is 2. The van der Waals surface area contributed by atoms with Crippen molar-refractivity contribution < 1.29 is 14.3 Å². The van der Waals surface area contributed by atoms with Gasteiger partial charge in [0.25, 0.3) is 0 Å². The molecule has 0 saturated carbocycles. The van der Waals surface area contributed by atoms with E-state index in [9.17, 15) is 4.79 Å². The van der Waals surface area contributed by atoms with E-state index in [2.05, 4.69) is 10.6 Å². The lowest BCUT2D eigenvalue weighted by Gasteiger charge is -2.12. The van der Waals surface area contributed by atoms with Gasteiger partial charge < -0.3 is 20.1 Å². The third-order valence-corrected chi connectivity index (χ3v) is 3.63. The van der Waals surface area contributed by atoms with Crippen molar-refractivity contribution in [1.82, 2.24) is 5.32 Å². The first-order valence-corrected chi connectivity index (χ1v) is 7.70. The van der Waals surface area contributed by atoms with E-state index in [0.29, 0.717) is 27.2 Å². The Labute approximate surface area is 150 Å². The maximum Gasteiger partial charge on any atom is 0.323 e. The lowest BCUT2D eigenvalue weighted by Crippen LogP contribution is -2.24. The molecule has 0 saturated heterocycles. The summed E-state index contributed by atoms with van der Waals surface area (Å²) in [6.45, 7) is 0. The molecule has 0 aromatic heterocycles. The van der Waals surface area contributed by atoms with Crippen molar-refractivity contribution in [2.24, 2.45) is 0 Å². The lowest BCUT2D eigenvalue weighted by molar-refractivity contribution is 0.255. The van der Waals surface area contributed by atoms with Gasteiger partial charge in [0.2, 0.25) is 0 Å². The quantitative estimate of drug-likeness (QED) is 0.798. The number of nitrogens with one attached hydrogen (secondary N) is 2. The molecule has 126 valence electrons. The molecule has 0 aliphatic rings. The van der Waals surface area contributed by atoms with E-state index in [1.807, 2.05) is 12.1 Å². The zero-order valence-corrected chi connectivity index (χ0v) is 14.6. The summed E-state index contributed by atoms with van der Waals surface area (Å²) in [6, 6.07) is 9.95. The molecular formula is C17H16Cl2N2O3. The van der Waals surface area contributed by atoms with E-state index in [1.165, 1.54) is 20.4 Å². The van der Waals surface area contributed by atoms with Gasteiger partial charge in [0.15, 0.2) is 0 Å². The highest BCUT2D eigenvalue weighted by molar-refractivity contribution is 6.32. The van der Waals surface area contributed by atoms with E-state index < -0.39 is 6.03 Å². The molecule has 0 aliphatic heterocycles. The Morgan fingerprint density at radius 1 is 1.04 bits per heavy atom. The molecule has 0 spiro atoms. The van der Waals surface area contributed by atoms with Crippen LogP contribution in [0.25, 0.3) is 6.08 Å². The average molecular weight is 367 g/mol. The Kier molecular flexibility index (Phi) is 6.35. The van der Waals surface area contributed by atoms with Crippen molar-refractivity contribution in [3.8, 4) is 11.5 Å². The second-order valence-electron chi connectivity index (χ2n) is 4.67. The number of urea groups is 1. The van der Waals surface area contributed by atoms with E-state index in [1.54, 1.807) is 30.3 Å². The standard InChI is InChI=1S/C17H16Cl2N2O3/c1-23-15-10-14(16(24-2)9-13(15)19)21-17(22)20-8-7-11-3-5-12(18)6-4-11/h3-10H,1-2H3,(H2,20,21,22)/b8-7+. The van der Waals surface area contributed by atoms with Gasteiger partial charge >= 0.3 is 6.03 Å². The van der Waals surface area contributed by atoms with Crippen LogP contribution in [0.3, 0.4) is 0 Å². The van der Waals surface area contributed by atoms with Crippen LogP contribution in [-0.2, 0) is 0 Å². The van der Waals surface area contributed by atoms with Crippen LogP contribution in [0.15, 0.2) is 42.6 Å². The normalized spacial score (nSPS) is 10.5. The van der Waals surface area contributed by atoms with Gasteiger partial charge in [0.05, 0.1) is 24.9 Å². The van der Waals surface area contributed by atoms with Crippen molar-refractivity contribution in [3.63, 3.8) is 0 Å². The topological polar surface area (TPSA) is 59.6 Å². The Bertz CT molecular complexity index is 746. The van der Waals surface area contributed by atoms with Gasteiger partial charge in [-0.25, -0.2) is 4.79 Å². The molecule has 2 N–H and O–H groups in total. The minimum absolute atomic E-state index is 0.392. The molecule has 0 aliphatic carbocycles. The van der Waals surface area contributed by atoms with E-state index in [-0.39, 0.29) is 0 Å². The third kappa shape index (κ3) is 4.81. The number of halogens is 2. The van der Waals surface area contributed by atoms with E-state index in [0.717, 1.165) is 5.56 Å². The number of carbonyl (C=O) groups is 1. The molecule has 0 unspecified atom stereocenters. The molecule has 0 bridgehead atoms. The van der Waals surface area contributed by atoms with Gasteiger partial charge in [-0.2, -0.15) is 0 Å². The van der Waals surface area contributed by atoms with Crippen molar-refractivity contribution >= 4 is 41.0 Å². The molecule has 0 atom stereocenters. The number of benzene rings is 2. The van der Waals surface area contributed by atoms with Gasteiger partial charge in [0.1, 0.15) is 11.5 Å². The van der Waals surface area contributed by atoms with Crippen LogP contribution in [0.2, 0.25) is 10.0 Å². The molecule has 2 aromatic carbocycles. The summed E-state index contributed by atoms with van der Waals surface area (Å²) in [6.07, 6.45) is 3.27. The first-order valence-electron chi connectivity index (χ1n) is 6.94. The minimum Gasteiger partial charge on any atom is -0.495 e. The molecule has 2 rings (SSSR count). The van der Waals surface area contributed by atoms with Crippen LogP contribution in [0, 0.1) is 0 Å². The number of hydrogen-bond acceptors (Lipinski definition) is 3. The summed E-state index contributed by atoms with van der Waals surface area (Å²) >= 11 is 11.8. The molecule has 0 radical (unpaired) electrons. The molecule has 2 aromatic rings. The Morgan fingerprint density at radius 3 is 2.33 bits per heavy atom. The van der Waals surface area contributed by atoms with Crippen molar-refractivity contribution in [3.05, 3.63) is 58.2 Å². The average Bonchev–Trinajstić information content (AvgIpc) is 2.57. The van der Waals surface area contributed by atoms with Crippen LogP contribution >= 0.6 is 23.2 Å². The summed E-state index contributed by atoms with van der Waals surface area (Å²) in [7, 11) is 2.98. The highest BCUT2D eigenvalue weighted by Gasteiger charge is 2.11. The van der Waals surface area contributed by atoms with Gasteiger partial charge in [-0.1, -0.05) is 35.3 Å². The number of rotatable bonds is 5. The molecule has 0 fully saturated rings. The van der Waals surface area contributed by atoms with Crippen LogP contribution in [0.1, 0.15) is 5.56 Å². The van der Waals surface area contributed by atoms with Crippen molar-refractivity contribution in [2.45, 2.75) is 0 Å². The Hall–Kier alpha value is -2.37. The van der Waals surface area contributed by atoms with Gasteiger partial charge in [-0.3, -0.25) is 0 Å². The molecule has 7 heteroatoms. The number of anilines is 1. The summed E-state index contributed by atoms with van der Waals surface area (Å²) < 4.78 is 10.3. The highest BCUT2D eigenvalue weighted by Crippen LogP contribution is 2.35. The third-order valence-electron chi connectivity index (χ3n) is 3.08. The summed E-state index contributed by atoms with van der Waals surface area (Å²) in [4.78, 5) is 12.0. The highest BCUT2D eigenvalue weighted by atomic mass is 35.5. The molecule has 5 nitrogen and oxygen atoms in total. The van der Waals surface area contributed by atoms with Crippen LogP contribution in [0.5, 0.6) is 11.5 Å². The fourth-order valence-corrected chi connectivity index (χ4v) is 2.26. The molecule has 0 heterocycles. The zero-order chi connectivity index (χ0) is 17.5. The van der Waals surface area contributed by atoms with Gasteiger partial charge in [0, 0.05) is 23.4 Å². The van der Waals surface area contributed by atoms with Crippen LogP contribution in [0.4, 0.5) is 10.5 Å². The fraction of sp³-hybridized carbons (Fsp3) is 0.118. The summed E-state index contributed by atoms with van der Waals surface area (Å²) in [5, 5.41) is 6.32. The summed E-state index contributed by atoms with van der Waals surface area (Å²) in [5.74, 6) is 0.863. The Morgan fingerprint density at radius 2 is 1.71 bits per heavy atom. The second-order valence-corrected chi connectivity index (χ2v) is 5.51. The number of amides is 2. The van der Waals surface area contributed by atoms with E-state index in [4.69, 9.17) is 32.7 Å². The smallest absolute Gasteiger partial charge is 0.323 e. The Balaban J connectivity index is 2.02. The minimum atomic E-state index is -0.428. The first kappa shape index (κ1) is 18.0. The van der Waals surface area contributed by atoms with Crippen molar-refractivity contribution in [1.29, 1.82) is 0 Å². The predicted octanol–water partition coefficient (Wildman–Crippen LogP) is 4.80. The largest absolute Gasteiger partial charge is 0.495 e. The maximum atomic E-state index is 12.0. The lowest BCUT2D eigenvalue weighted by atomic mass is 10.2. The number of methoxy groups -OCH3 is 2. The SMILES string of the molecule is COc1cc(NC(=O)N/C=C/c2ccc(Cl)cc2)c(OC)cc1Cl. The molecule has 24 heavy (non-hydrogen) atoms.